The maximum absolute atomic E-state index is 6.05. The number of aromatic amines is 1. The largest absolute Gasteiger partial charge is 0.360 e. The van der Waals surface area contributed by atoms with Crippen molar-refractivity contribution in [3.05, 3.63) is 65.1 Å². The summed E-state index contributed by atoms with van der Waals surface area (Å²) in [4.78, 5) is 10.0. The molecule has 117 valence electrons. The summed E-state index contributed by atoms with van der Waals surface area (Å²) >= 11 is 7.94. The average molecular weight is 343 g/mol. The summed E-state index contributed by atoms with van der Waals surface area (Å²) in [6, 6.07) is 15.3. The van der Waals surface area contributed by atoms with E-state index in [1.807, 2.05) is 23.9 Å². The lowest BCUT2D eigenvalue weighted by atomic mass is 10.0. The van der Waals surface area contributed by atoms with Crippen molar-refractivity contribution in [3.8, 4) is 0 Å². The maximum atomic E-state index is 6.05. The lowest BCUT2D eigenvalue weighted by Crippen LogP contribution is -2.41. The summed E-state index contributed by atoms with van der Waals surface area (Å²) in [6.07, 6.45) is 1.74. The minimum absolute atomic E-state index is 0.327. The minimum atomic E-state index is 0.327. The second-order valence-electron chi connectivity index (χ2n) is 5.79. The summed E-state index contributed by atoms with van der Waals surface area (Å²) < 4.78 is 0. The van der Waals surface area contributed by atoms with Crippen molar-refractivity contribution in [2.75, 3.05) is 10.7 Å². The van der Waals surface area contributed by atoms with Crippen molar-refractivity contribution in [2.24, 2.45) is 0 Å². The number of thioether (sulfide) groups is 1. The quantitative estimate of drug-likeness (QED) is 0.706. The molecule has 1 aromatic heterocycles. The predicted octanol–water partition coefficient (Wildman–Crippen LogP) is 5.06. The molecule has 1 fully saturated rings. The zero-order valence-electron chi connectivity index (χ0n) is 12.7. The van der Waals surface area contributed by atoms with E-state index in [0.29, 0.717) is 12.1 Å². The molecule has 2 unspecified atom stereocenters. The van der Waals surface area contributed by atoms with Crippen LogP contribution >= 0.6 is 23.4 Å². The number of aromatic nitrogens is 2. The number of halogens is 1. The van der Waals surface area contributed by atoms with Gasteiger partial charge < -0.3 is 9.88 Å². The lowest BCUT2D eigenvalue weighted by molar-refractivity contribution is 0.617. The van der Waals surface area contributed by atoms with Gasteiger partial charge in [-0.3, -0.25) is 0 Å². The molecule has 4 rings (SSSR count). The normalized spacial score (nSPS) is 21.7. The van der Waals surface area contributed by atoms with Gasteiger partial charge in [0.25, 0.3) is 0 Å². The van der Waals surface area contributed by atoms with E-state index in [0.717, 1.165) is 21.8 Å². The maximum Gasteiger partial charge on any atom is 0.0931 e. The first kappa shape index (κ1) is 14.9. The highest BCUT2D eigenvalue weighted by Gasteiger charge is 2.30. The van der Waals surface area contributed by atoms with Crippen molar-refractivity contribution in [2.45, 2.75) is 19.0 Å². The Labute approximate surface area is 145 Å². The SMILES string of the molecule is CC1[CH]SCC(c2ccc(Cl)cc2)N1c1ccc2[nH]cnc2c1. The Bertz CT molecular complexity index is 815. The Morgan fingerprint density at radius 2 is 2.04 bits per heavy atom. The standard InChI is InChI=1S/C18H17ClN3S/c1-12-9-23-10-18(13-2-4-14(19)5-3-13)22(12)15-6-7-16-17(8-15)21-11-20-16/h2-9,11-12,18H,10H2,1H3,(H,20,21). The highest BCUT2D eigenvalue weighted by Crippen LogP contribution is 2.39. The van der Waals surface area contributed by atoms with Gasteiger partial charge in [0, 0.05) is 28.3 Å². The summed E-state index contributed by atoms with van der Waals surface area (Å²) in [5.41, 5.74) is 4.57. The Kier molecular flexibility index (Phi) is 3.95. The number of H-pyrrole nitrogens is 1. The Balaban J connectivity index is 1.75. The van der Waals surface area contributed by atoms with Gasteiger partial charge in [0.2, 0.25) is 0 Å². The van der Waals surface area contributed by atoms with Gasteiger partial charge in [0.1, 0.15) is 0 Å². The van der Waals surface area contributed by atoms with Crippen molar-refractivity contribution in [3.63, 3.8) is 0 Å². The molecule has 3 nitrogen and oxygen atoms in total. The molecule has 2 heterocycles. The number of anilines is 1. The molecule has 1 aliphatic rings. The third-order valence-electron chi connectivity index (χ3n) is 4.28. The predicted molar refractivity (Wildman–Crippen MR) is 99.0 cm³/mol. The molecule has 0 aliphatic carbocycles. The van der Waals surface area contributed by atoms with Crippen LogP contribution in [0.5, 0.6) is 0 Å². The number of benzene rings is 2. The van der Waals surface area contributed by atoms with Crippen LogP contribution in [0.15, 0.2) is 48.8 Å². The van der Waals surface area contributed by atoms with E-state index < -0.39 is 0 Å². The zero-order chi connectivity index (χ0) is 15.8. The van der Waals surface area contributed by atoms with Crippen LogP contribution in [0.2, 0.25) is 5.02 Å². The molecule has 5 heteroatoms. The first-order valence-electron chi connectivity index (χ1n) is 7.64. The van der Waals surface area contributed by atoms with Gasteiger partial charge in [-0.2, -0.15) is 11.8 Å². The van der Waals surface area contributed by atoms with E-state index in [2.05, 4.69) is 57.9 Å². The molecule has 2 aromatic carbocycles. The Hall–Kier alpha value is -1.65. The van der Waals surface area contributed by atoms with E-state index >= 15 is 0 Å². The number of imidazole rings is 1. The van der Waals surface area contributed by atoms with Gasteiger partial charge in [0.05, 0.1) is 23.4 Å². The van der Waals surface area contributed by atoms with Gasteiger partial charge in [0.15, 0.2) is 0 Å². The van der Waals surface area contributed by atoms with Gasteiger partial charge in [-0.15, -0.1) is 0 Å². The summed E-state index contributed by atoms with van der Waals surface area (Å²) in [5.74, 6) is 3.34. The first-order valence-corrected chi connectivity index (χ1v) is 9.07. The molecule has 1 saturated heterocycles. The number of nitrogens with one attached hydrogen (secondary N) is 1. The van der Waals surface area contributed by atoms with E-state index in [1.54, 1.807) is 6.33 Å². The van der Waals surface area contributed by atoms with Crippen LogP contribution in [-0.4, -0.2) is 21.8 Å². The summed E-state index contributed by atoms with van der Waals surface area (Å²) in [7, 11) is 0. The number of rotatable bonds is 2. The number of fused-ring (bicyclic) bond motifs is 1. The molecule has 2 atom stereocenters. The van der Waals surface area contributed by atoms with Crippen LogP contribution in [-0.2, 0) is 0 Å². The molecule has 1 aliphatic heterocycles. The number of hydrogen-bond donors (Lipinski definition) is 1. The molecule has 1 N–H and O–H groups in total. The van der Waals surface area contributed by atoms with Crippen LogP contribution in [0.1, 0.15) is 18.5 Å². The molecule has 0 bridgehead atoms. The van der Waals surface area contributed by atoms with Crippen molar-refractivity contribution in [1.82, 2.24) is 9.97 Å². The van der Waals surface area contributed by atoms with E-state index in [1.165, 1.54) is 11.3 Å². The van der Waals surface area contributed by atoms with Crippen molar-refractivity contribution >= 4 is 40.1 Å². The zero-order valence-corrected chi connectivity index (χ0v) is 14.3. The van der Waals surface area contributed by atoms with Gasteiger partial charge in [-0.25, -0.2) is 4.98 Å². The summed E-state index contributed by atoms with van der Waals surface area (Å²) in [6.45, 7) is 2.24. The van der Waals surface area contributed by atoms with Gasteiger partial charge in [-0.1, -0.05) is 23.7 Å². The van der Waals surface area contributed by atoms with Gasteiger partial charge >= 0.3 is 0 Å². The van der Waals surface area contributed by atoms with Crippen LogP contribution < -0.4 is 4.90 Å². The van der Waals surface area contributed by atoms with Gasteiger partial charge in [-0.05, 0) is 42.8 Å². The minimum Gasteiger partial charge on any atom is -0.360 e. The van der Waals surface area contributed by atoms with Crippen LogP contribution in [0.25, 0.3) is 11.0 Å². The fraction of sp³-hybridized carbons (Fsp3) is 0.222. The molecule has 0 amide bonds. The van der Waals surface area contributed by atoms with Crippen LogP contribution in [0.4, 0.5) is 5.69 Å². The Morgan fingerprint density at radius 1 is 1.22 bits per heavy atom. The van der Waals surface area contributed by atoms with E-state index in [-0.39, 0.29) is 0 Å². The Morgan fingerprint density at radius 3 is 2.87 bits per heavy atom. The smallest absolute Gasteiger partial charge is 0.0931 e. The molecule has 0 saturated carbocycles. The molecule has 1 radical (unpaired) electrons. The van der Waals surface area contributed by atoms with E-state index in [9.17, 15) is 0 Å². The first-order chi connectivity index (χ1) is 11.2. The topological polar surface area (TPSA) is 31.9 Å². The highest BCUT2D eigenvalue weighted by atomic mass is 35.5. The molecular formula is C18H17ClN3S. The summed E-state index contributed by atoms with van der Waals surface area (Å²) in [5, 5.41) is 0.779. The molecular weight excluding hydrogens is 326 g/mol. The molecule has 3 aromatic rings. The fourth-order valence-corrected chi connectivity index (χ4v) is 4.34. The third-order valence-corrected chi connectivity index (χ3v) is 5.63. The highest BCUT2D eigenvalue weighted by molar-refractivity contribution is 8.01. The van der Waals surface area contributed by atoms with Crippen molar-refractivity contribution < 1.29 is 0 Å². The molecule has 23 heavy (non-hydrogen) atoms. The number of nitrogens with zero attached hydrogens (tertiary/aromatic N) is 2. The van der Waals surface area contributed by atoms with Crippen molar-refractivity contribution in [1.29, 1.82) is 0 Å². The second-order valence-corrected chi connectivity index (χ2v) is 7.16. The second kappa shape index (κ2) is 6.10. The van der Waals surface area contributed by atoms with Crippen LogP contribution in [0, 0.1) is 5.75 Å². The fourth-order valence-electron chi connectivity index (χ4n) is 3.15. The average Bonchev–Trinajstić information content (AvgIpc) is 3.03. The third kappa shape index (κ3) is 2.81. The van der Waals surface area contributed by atoms with Crippen LogP contribution in [0.3, 0.4) is 0 Å². The number of hydrogen-bond acceptors (Lipinski definition) is 3. The van der Waals surface area contributed by atoms with E-state index in [4.69, 9.17) is 11.6 Å². The monoisotopic (exact) mass is 342 g/mol. The lowest BCUT2D eigenvalue weighted by Gasteiger charge is -2.42. The molecule has 0 spiro atoms.